The standard InChI is InChI=1S/C46H44FN5O6/c1-48-16-14-29-21-32(10-13-40(29)48)52(31-8-11-34(53)12-9-31)46(55)38-23-42(50-15-3-2-7-41(38)50)36-24-43-44(58-28-57-43)25-37(36)45(54)51-26-30-5-4-6-39(47)35(30)22-33(51)27-49-17-19-56-20-18-49/h4-6,8-14,16,21,23-25,33,53H,2-3,7,15,17-20,22,26-28H2,1H3/t33-/m0/s1. The van der Waals surface area contributed by atoms with Crippen LogP contribution in [-0.4, -0.2) is 81.5 Å². The van der Waals surface area contributed by atoms with Crippen LogP contribution in [0.3, 0.4) is 0 Å². The molecule has 6 heterocycles. The Hall–Kier alpha value is -6.11. The molecule has 10 rings (SSSR count). The van der Waals surface area contributed by atoms with E-state index in [9.17, 15) is 5.11 Å². The van der Waals surface area contributed by atoms with Crippen molar-refractivity contribution in [2.45, 2.75) is 44.8 Å². The molecule has 1 fully saturated rings. The molecule has 0 bridgehead atoms. The average molecular weight is 782 g/mol. The summed E-state index contributed by atoms with van der Waals surface area (Å²) in [6.07, 6.45) is 4.91. The van der Waals surface area contributed by atoms with Crippen LogP contribution in [0.15, 0.2) is 91.1 Å². The van der Waals surface area contributed by atoms with E-state index in [1.165, 1.54) is 6.07 Å². The summed E-state index contributed by atoms with van der Waals surface area (Å²) in [6.45, 7) is 4.27. The van der Waals surface area contributed by atoms with Gasteiger partial charge in [-0.1, -0.05) is 12.1 Å². The number of hydrogen-bond acceptors (Lipinski definition) is 7. The van der Waals surface area contributed by atoms with Crippen LogP contribution in [0.2, 0.25) is 0 Å². The van der Waals surface area contributed by atoms with Crippen LogP contribution in [0.4, 0.5) is 15.8 Å². The van der Waals surface area contributed by atoms with Gasteiger partial charge in [-0.15, -0.1) is 0 Å². The van der Waals surface area contributed by atoms with E-state index in [-0.39, 0.29) is 42.8 Å². The Kier molecular flexibility index (Phi) is 9.17. The third-order valence-corrected chi connectivity index (χ3v) is 12.2. The molecule has 0 spiro atoms. The van der Waals surface area contributed by atoms with Gasteiger partial charge in [-0.25, -0.2) is 4.39 Å². The number of morpholine rings is 1. The number of nitrogens with zero attached hydrogens (tertiary/aromatic N) is 5. The Morgan fingerprint density at radius 1 is 0.879 bits per heavy atom. The topological polar surface area (TPSA) is 102 Å². The van der Waals surface area contributed by atoms with Crippen molar-refractivity contribution in [3.8, 4) is 28.5 Å². The summed E-state index contributed by atoms with van der Waals surface area (Å²) in [6, 6.07) is 25.0. The van der Waals surface area contributed by atoms with Crippen LogP contribution in [0.5, 0.6) is 17.2 Å². The lowest BCUT2D eigenvalue weighted by molar-refractivity contribution is 0.0191. The van der Waals surface area contributed by atoms with Crippen LogP contribution < -0.4 is 14.4 Å². The van der Waals surface area contributed by atoms with Crippen LogP contribution in [0, 0.1) is 5.82 Å². The zero-order chi connectivity index (χ0) is 39.5. The van der Waals surface area contributed by atoms with Crippen molar-refractivity contribution in [3.63, 3.8) is 0 Å². The number of aromatic hydroxyl groups is 1. The predicted molar refractivity (Wildman–Crippen MR) is 217 cm³/mol. The van der Waals surface area contributed by atoms with Crippen molar-refractivity contribution in [2.24, 2.45) is 7.05 Å². The summed E-state index contributed by atoms with van der Waals surface area (Å²) in [5.74, 6) is 0.463. The summed E-state index contributed by atoms with van der Waals surface area (Å²) in [5.41, 5.74) is 7.07. The molecule has 4 aliphatic rings. The normalized spacial score (nSPS) is 17.6. The zero-order valence-corrected chi connectivity index (χ0v) is 32.3. The molecule has 0 saturated carbocycles. The molecule has 0 radical (unpaired) electrons. The average Bonchev–Trinajstić information content (AvgIpc) is 3.98. The fourth-order valence-corrected chi connectivity index (χ4v) is 9.20. The lowest BCUT2D eigenvalue weighted by Crippen LogP contribution is -2.52. The molecule has 296 valence electrons. The van der Waals surface area contributed by atoms with Crippen LogP contribution >= 0.6 is 0 Å². The fraction of sp³-hybridized carbons (Fsp3) is 0.304. The molecule has 2 aromatic heterocycles. The van der Waals surface area contributed by atoms with Gasteiger partial charge in [0.15, 0.2) is 11.5 Å². The predicted octanol–water partition coefficient (Wildman–Crippen LogP) is 7.43. The first kappa shape index (κ1) is 36.2. The minimum absolute atomic E-state index is 0.0335. The maximum Gasteiger partial charge on any atom is 0.264 e. The monoisotopic (exact) mass is 781 g/mol. The molecule has 1 saturated heterocycles. The van der Waals surface area contributed by atoms with E-state index < -0.39 is 0 Å². The van der Waals surface area contributed by atoms with Crippen LogP contribution in [0.1, 0.15) is 50.4 Å². The molecule has 1 atom stereocenters. The molecular formula is C46H44FN5O6. The highest BCUT2D eigenvalue weighted by molar-refractivity contribution is 6.13. The summed E-state index contributed by atoms with van der Waals surface area (Å²) < 4.78 is 36.9. The molecule has 1 N–H and O–H groups in total. The molecule has 0 unspecified atom stereocenters. The number of benzene rings is 4. The van der Waals surface area contributed by atoms with Gasteiger partial charge in [-0.2, -0.15) is 0 Å². The van der Waals surface area contributed by atoms with Crippen LogP contribution in [-0.2, 0) is 37.7 Å². The molecule has 58 heavy (non-hydrogen) atoms. The maximum absolute atomic E-state index is 15.3. The Morgan fingerprint density at radius 3 is 2.50 bits per heavy atom. The van der Waals surface area contributed by atoms with Gasteiger partial charge in [0.25, 0.3) is 11.8 Å². The number of amides is 2. The van der Waals surface area contributed by atoms with E-state index in [0.29, 0.717) is 84.3 Å². The number of phenols is 1. The second kappa shape index (κ2) is 14.7. The molecule has 4 aliphatic heterocycles. The van der Waals surface area contributed by atoms with Crippen molar-refractivity contribution in [1.29, 1.82) is 0 Å². The Morgan fingerprint density at radius 2 is 1.67 bits per heavy atom. The first-order valence-corrected chi connectivity index (χ1v) is 20.0. The summed E-state index contributed by atoms with van der Waals surface area (Å²) in [4.78, 5) is 36.3. The van der Waals surface area contributed by atoms with E-state index in [1.807, 2.05) is 65.2 Å². The van der Waals surface area contributed by atoms with Crippen molar-refractivity contribution in [1.82, 2.24) is 18.9 Å². The van der Waals surface area contributed by atoms with E-state index in [2.05, 4.69) is 9.47 Å². The maximum atomic E-state index is 15.3. The minimum atomic E-state index is -0.285. The zero-order valence-electron chi connectivity index (χ0n) is 32.3. The number of hydrogen-bond donors (Lipinski definition) is 1. The van der Waals surface area contributed by atoms with Crippen LogP contribution in [0.25, 0.3) is 22.2 Å². The van der Waals surface area contributed by atoms with Gasteiger partial charge in [0.05, 0.1) is 24.3 Å². The number of phenolic OH excluding ortho intramolecular Hbond substituents is 1. The van der Waals surface area contributed by atoms with Crippen molar-refractivity contribution < 1.29 is 33.3 Å². The molecule has 11 nitrogen and oxygen atoms in total. The van der Waals surface area contributed by atoms with Gasteiger partial charge < -0.3 is 33.4 Å². The smallest absolute Gasteiger partial charge is 0.264 e. The van der Waals surface area contributed by atoms with Crippen molar-refractivity contribution in [2.75, 3.05) is 44.5 Å². The van der Waals surface area contributed by atoms with Gasteiger partial charge in [-0.3, -0.25) is 19.4 Å². The number of carbonyl (C=O) groups is 2. The molecule has 2 amide bonds. The molecule has 6 aromatic rings. The van der Waals surface area contributed by atoms with Crippen molar-refractivity contribution >= 4 is 34.1 Å². The summed E-state index contributed by atoms with van der Waals surface area (Å²) >= 11 is 0. The van der Waals surface area contributed by atoms with Gasteiger partial charge in [0.1, 0.15) is 11.6 Å². The highest BCUT2D eigenvalue weighted by Gasteiger charge is 2.37. The number of anilines is 2. The molecule has 12 heteroatoms. The first-order chi connectivity index (χ1) is 28.3. The number of carbonyl (C=O) groups excluding carboxylic acids is 2. The lowest BCUT2D eigenvalue weighted by atomic mass is 9.91. The fourth-order valence-electron chi connectivity index (χ4n) is 9.20. The third-order valence-electron chi connectivity index (χ3n) is 12.2. The summed E-state index contributed by atoms with van der Waals surface area (Å²) in [5, 5.41) is 11.2. The quantitative estimate of drug-likeness (QED) is 0.180. The van der Waals surface area contributed by atoms with Crippen molar-refractivity contribution in [3.05, 3.63) is 125 Å². The van der Waals surface area contributed by atoms with E-state index in [4.69, 9.17) is 14.2 Å². The second-order valence-corrected chi connectivity index (χ2v) is 15.7. The largest absolute Gasteiger partial charge is 0.508 e. The first-order valence-electron chi connectivity index (χ1n) is 20.0. The minimum Gasteiger partial charge on any atom is -0.508 e. The second-order valence-electron chi connectivity index (χ2n) is 15.7. The number of ether oxygens (including phenoxy) is 3. The SMILES string of the molecule is Cn1ccc2cc(N(C(=O)c3cc(-c4cc5c(cc4C(=O)N4Cc6cccc(F)c6C[C@H]4CN4CCOCC4)OCO5)n4c3CCCC4)c3ccc(O)cc3)ccc21. The number of aryl methyl sites for hydroxylation is 1. The number of fused-ring (bicyclic) bond motifs is 4. The number of halogens is 1. The van der Waals surface area contributed by atoms with Gasteiger partial charge in [0, 0.05) is 91.2 Å². The molecule has 4 aromatic carbocycles. The summed E-state index contributed by atoms with van der Waals surface area (Å²) in [7, 11) is 1.99. The number of rotatable bonds is 7. The Balaban J connectivity index is 1.09. The Labute approximate surface area is 335 Å². The third kappa shape index (κ3) is 6.36. The number of aromatic nitrogens is 2. The molecule has 0 aliphatic carbocycles. The molecular weight excluding hydrogens is 738 g/mol. The van der Waals surface area contributed by atoms with Gasteiger partial charge >= 0.3 is 0 Å². The highest BCUT2D eigenvalue weighted by Crippen LogP contribution is 2.43. The van der Waals surface area contributed by atoms with E-state index in [0.717, 1.165) is 53.8 Å². The Bertz CT molecular complexity index is 2570. The highest BCUT2D eigenvalue weighted by atomic mass is 19.1. The van der Waals surface area contributed by atoms with E-state index in [1.54, 1.807) is 41.3 Å². The van der Waals surface area contributed by atoms with Gasteiger partial charge in [0.2, 0.25) is 6.79 Å². The van der Waals surface area contributed by atoms with Gasteiger partial charge in [-0.05, 0) is 110 Å². The van der Waals surface area contributed by atoms with E-state index >= 15 is 14.0 Å². The lowest BCUT2D eigenvalue weighted by Gasteiger charge is -2.40.